The first kappa shape index (κ1) is 12.0. The Morgan fingerprint density at radius 2 is 2.13 bits per heavy atom. The van der Waals surface area contributed by atoms with Crippen LogP contribution in [0.25, 0.3) is 0 Å². The molecule has 15 heavy (non-hydrogen) atoms. The Bertz CT molecular complexity index is 366. The van der Waals surface area contributed by atoms with Gasteiger partial charge in [-0.05, 0) is 24.0 Å². The summed E-state index contributed by atoms with van der Waals surface area (Å²) in [6, 6.07) is 4.19. The van der Waals surface area contributed by atoms with Gasteiger partial charge in [-0.25, -0.2) is 8.78 Å². The van der Waals surface area contributed by atoms with Gasteiger partial charge in [-0.2, -0.15) is 0 Å². The van der Waals surface area contributed by atoms with Crippen LogP contribution in [0.1, 0.15) is 18.9 Å². The van der Waals surface area contributed by atoms with Crippen LogP contribution in [0, 0.1) is 17.6 Å². The van der Waals surface area contributed by atoms with E-state index in [1.54, 1.807) is 6.07 Å². The molecule has 0 bridgehead atoms. The summed E-state index contributed by atoms with van der Waals surface area (Å²) in [5.74, 6) is -1.46. The van der Waals surface area contributed by atoms with Gasteiger partial charge >= 0.3 is 0 Å². The zero-order chi connectivity index (χ0) is 11.4. The SMILES string of the molecule is CC(CC(N)=S)Cc1cccc(F)c1F. The number of hydrogen-bond donors (Lipinski definition) is 1. The van der Waals surface area contributed by atoms with E-state index < -0.39 is 11.6 Å². The van der Waals surface area contributed by atoms with Gasteiger partial charge in [-0.1, -0.05) is 31.3 Å². The predicted octanol–water partition coefficient (Wildman–Crippen LogP) is 2.82. The third kappa shape index (κ3) is 3.55. The molecule has 1 nitrogen and oxygen atoms in total. The Morgan fingerprint density at radius 3 is 2.73 bits per heavy atom. The highest BCUT2D eigenvalue weighted by atomic mass is 32.1. The molecule has 4 heteroatoms. The van der Waals surface area contributed by atoms with Gasteiger partial charge in [-0.3, -0.25) is 0 Å². The number of rotatable bonds is 4. The van der Waals surface area contributed by atoms with E-state index in [4.69, 9.17) is 18.0 Å². The fraction of sp³-hybridized carbons (Fsp3) is 0.364. The van der Waals surface area contributed by atoms with Crippen LogP contribution >= 0.6 is 12.2 Å². The van der Waals surface area contributed by atoms with E-state index in [0.717, 1.165) is 6.07 Å². The summed E-state index contributed by atoms with van der Waals surface area (Å²) in [6.07, 6.45) is 0.992. The van der Waals surface area contributed by atoms with Crippen LogP contribution < -0.4 is 5.73 Å². The summed E-state index contributed by atoms with van der Waals surface area (Å²) >= 11 is 4.76. The second-order valence-electron chi connectivity index (χ2n) is 3.69. The van der Waals surface area contributed by atoms with Crippen LogP contribution in [-0.2, 0) is 6.42 Å². The zero-order valence-corrected chi connectivity index (χ0v) is 9.28. The standard InChI is InChI=1S/C11H13F2NS/c1-7(6-10(14)15)5-8-3-2-4-9(12)11(8)13/h2-4,7H,5-6H2,1H3,(H2,14,15). The van der Waals surface area contributed by atoms with Crippen molar-refractivity contribution in [1.82, 2.24) is 0 Å². The lowest BCUT2D eigenvalue weighted by molar-refractivity contribution is 0.486. The maximum atomic E-state index is 13.3. The van der Waals surface area contributed by atoms with Crippen molar-refractivity contribution in [3.63, 3.8) is 0 Å². The number of benzene rings is 1. The Balaban J connectivity index is 2.72. The maximum Gasteiger partial charge on any atom is 0.162 e. The highest BCUT2D eigenvalue weighted by molar-refractivity contribution is 7.80. The van der Waals surface area contributed by atoms with Crippen molar-refractivity contribution >= 4 is 17.2 Å². The summed E-state index contributed by atoms with van der Waals surface area (Å²) in [7, 11) is 0. The molecule has 0 amide bonds. The first-order valence-electron chi connectivity index (χ1n) is 4.72. The van der Waals surface area contributed by atoms with Gasteiger partial charge in [0, 0.05) is 6.42 Å². The van der Waals surface area contributed by atoms with Gasteiger partial charge in [-0.15, -0.1) is 0 Å². The van der Waals surface area contributed by atoms with Crippen molar-refractivity contribution in [2.45, 2.75) is 19.8 Å². The molecule has 1 rings (SSSR count). The first-order chi connectivity index (χ1) is 7.00. The highest BCUT2D eigenvalue weighted by Crippen LogP contribution is 2.17. The van der Waals surface area contributed by atoms with Crippen molar-refractivity contribution in [3.8, 4) is 0 Å². The summed E-state index contributed by atoms with van der Waals surface area (Å²) < 4.78 is 26.1. The molecule has 1 unspecified atom stereocenters. The molecule has 0 heterocycles. The summed E-state index contributed by atoms with van der Waals surface area (Å²) in [5.41, 5.74) is 5.75. The van der Waals surface area contributed by atoms with E-state index in [2.05, 4.69) is 0 Å². The predicted molar refractivity (Wildman–Crippen MR) is 60.6 cm³/mol. The van der Waals surface area contributed by atoms with Gasteiger partial charge in [0.1, 0.15) is 0 Å². The Kier molecular flexibility index (Phi) is 4.15. The molecule has 0 spiro atoms. The summed E-state index contributed by atoms with van der Waals surface area (Å²) in [6.45, 7) is 1.91. The third-order valence-corrected chi connectivity index (χ3v) is 2.32. The molecule has 0 saturated carbocycles. The van der Waals surface area contributed by atoms with E-state index in [1.165, 1.54) is 6.07 Å². The van der Waals surface area contributed by atoms with Gasteiger partial charge < -0.3 is 5.73 Å². The van der Waals surface area contributed by atoms with Gasteiger partial charge in [0.15, 0.2) is 11.6 Å². The number of halogens is 2. The molecule has 0 aliphatic heterocycles. The highest BCUT2D eigenvalue weighted by Gasteiger charge is 2.11. The van der Waals surface area contributed by atoms with Crippen LogP contribution in [0.5, 0.6) is 0 Å². The van der Waals surface area contributed by atoms with Gasteiger partial charge in [0.2, 0.25) is 0 Å². The smallest absolute Gasteiger partial charge is 0.162 e. The maximum absolute atomic E-state index is 13.3. The number of hydrogen-bond acceptors (Lipinski definition) is 1. The fourth-order valence-electron chi connectivity index (χ4n) is 1.50. The second-order valence-corrected chi connectivity index (χ2v) is 4.22. The van der Waals surface area contributed by atoms with Crippen LogP contribution in [0.4, 0.5) is 8.78 Å². The minimum atomic E-state index is -0.810. The van der Waals surface area contributed by atoms with Crippen molar-refractivity contribution in [1.29, 1.82) is 0 Å². The lowest BCUT2D eigenvalue weighted by Crippen LogP contribution is -2.14. The molecule has 1 aromatic carbocycles. The normalized spacial score (nSPS) is 12.5. The van der Waals surface area contributed by atoms with E-state index in [-0.39, 0.29) is 5.92 Å². The molecule has 0 aliphatic carbocycles. The molecule has 1 aromatic rings. The average molecular weight is 229 g/mol. The van der Waals surface area contributed by atoms with Crippen molar-refractivity contribution < 1.29 is 8.78 Å². The second kappa shape index (κ2) is 5.16. The largest absolute Gasteiger partial charge is 0.393 e. The van der Waals surface area contributed by atoms with Gasteiger partial charge in [0.25, 0.3) is 0 Å². The van der Waals surface area contributed by atoms with Crippen LogP contribution in [0.15, 0.2) is 18.2 Å². The molecular formula is C11H13F2NS. The molecule has 1 atom stereocenters. The van der Waals surface area contributed by atoms with Crippen molar-refractivity contribution in [2.24, 2.45) is 11.7 Å². The monoisotopic (exact) mass is 229 g/mol. The van der Waals surface area contributed by atoms with Crippen LogP contribution in [0.2, 0.25) is 0 Å². The van der Waals surface area contributed by atoms with E-state index in [0.29, 0.717) is 23.4 Å². The van der Waals surface area contributed by atoms with Crippen molar-refractivity contribution in [3.05, 3.63) is 35.4 Å². The minimum Gasteiger partial charge on any atom is -0.393 e. The number of nitrogens with two attached hydrogens (primary N) is 1. The molecule has 2 N–H and O–H groups in total. The third-order valence-electron chi connectivity index (χ3n) is 2.15. The quantitative estimate of drug-likeness (QED) is 0.803. The fourth-order valence-corrected chi connectivity index (χ4v) is 1.78. The lowest BCUT2D eigenvalue weighted by atomic mass is 9.98. The van der Waals surface area contributed by atoms with Crippen molar-refractivity contribution in [2.75, 3.05) is 0 Å². The minimum absolute atomic E-state index is 0.124. The molecular weight excluding hydrogens is 216 g/mol. The molecule has 0 fully saturated rings. The summed E-state index contributed by atoms with van der Waals surface area (Å²) in [4.78, 5) is 0.402. The molecule has 0 aliphatic rings. The molecule has 82 valence electrons. The first-order valence-corrected chi connectivity index (χ1v) is 5.12. The van der Waals surface area contributed by atoms with Crippen LogP contribution in [-0.4, -0.2) is 4.99 Å². The molecule has 0 saturated heterocycles. The number of thiocarbonyl (C=S) groups is 1. The Hall–Kier alpha value is -1.03. The van der Waals surface area contributed by atoms with E-state index in [1.807, 2.05) is 6.92 Å². The Labute approximate surface area is 93.3 Å². The molecule has 0 aromatic heterocycles. The van der Waals surface area contributed by atoms with Gasteiger partial charge in [0.05, 0.1) is 4.99 Å². The van der Waals surface area contributed by atoms with E-state index in [9.17, 15) is 8.78 Å². The summed E-state index contributed by atoms with van der Waals surface area (Å²) in [5, 5.41) is 0. The average Bonchev–Trinajstić information content (AvgIpc) is 2.11. The van der Waals surface area contributed by atoms with E-state index >= 15 is 0 Å². The Morgan fingerprint density at radius 1 is 1.47 bits per heavy atom. The zero-order valence-electron chi connectivity index (χ0n) is 8.47. The topological polar surface area (TPSA) is 26.0 Å². The lowest BCUT2D eigenvalue weighted by Gasteiger charge is -2.11. The van der Waals surface area contributed by atoms with Crippen LogP contribution in [0.3, 0.4) is 0 Å². The molecule has 0 radical (unpaired) electrons.